The number of quaternary nitrogens is 1. The van der Waals surface area contributed by atoms with Gasteiger partial charge in [-0.1, -0.05) is 257 Å². The van der Waals surface area contributed by atoms with Crippen molar-refractivity contribution in [1.29, 1.82) is 0 Å². The largest absolute Gasteiger partial charge is 0.472 e. The monoisotopic (exact) mass is 1090 g/mol. The van der Waals surface area contributed by atoms with Gasteiger partial charge in [-0.2, -0.15) is 0 Å². The van der Waals surface area contributed by atoms with Crippen LogP contribution < -0.4 is 5.32 Å². The molecular weight excluding hydrogens is 972 g/mol. The van der Waals surface area contributed by atoms with Gasteiger partial charge in [-0.15, -0.1) is 0 Å². The Morgan fingerprint density at radius 1 is 0.455 bits per heavy atom. The Morgan fingerprint density at radius 2 is 0.792 bits per heavy atom. The molecule has 0 spiro atoms. The summed E-state index contributed by atoms with van der Waals surface area (Å²) in [5.74, 6) is -0.238. The molecule has 440 valence electrons. The molecule has 0 radical (unpaired) electrons. The zero-order valence-electron chi connectivity index (χ0n) is 50.1. The van der Waals surface area contributed by atoms with Crippen molar-refractivity contribution in [3.05, 3.63) is 134 Å². The van der Waals surface area contributed by atoms with Crippen LogP contribution in [-0.2, 0) is 18.4 Å². The number of unbranched alkanes of at least 4 members (excludes halogenated alkanes) is 22. The number of carbonyl (C=O) groups excluding carboxylic acids is 1. The fourth-order valence-corrected chi connectivity index (χ4v) is 9.00. The maximum Gasteiger partial charge on any atom is 0.472 e. The van der Waals surface area contributed by atoms with E-state index in [1.807, 2.05) is 27.2 Å². The maximum atomic E-state index is 13.0. The number of aliphatic hydroxyl groups is 1. The van der Waals surface area contributed by atoms with Crippen molar-refractivity contribution in [1.82, 2.24) is 5.32 Å². The van der Waals surface area contributed by atoms with E-state index in [0.29, 0.717) is 17.4 Å². The van der Waals surface area contributed by atoms with Crippen molar-refractivity contribution in [2.45, 2.75) is 251 Å². The molecule has 77 heavy (non-hydrogen) atoms. The number of hydrogen-bond acceptors (Lipinski definition) is 5. The van der Waals surface area contributed by atoms with Crippen LogP contribution in [0.3, 0.4) is 0 Å². The number of allylic oxidation sites excluding steroid dienone is 21. The summed E-state index contributed by atoms with van der Waals surface area (Å²) >= 11 is 0. The molecule has 0 fully saturated rings. The summed E-state index contributed by atoms with van der Waals surface area (Å²) < 4.78 is 23.7. The van der Waals surface area contributed by atoms with Crippen molar-refractivity contribution in [2.24, 2.45) is 0 Å². The molecule has 3 unspecified atom stereocenters. The summed E-state index contributed by atoms with van der Waals surface area (Å²) in [6.45, 7) is 4.64. The van der Waals surface area contributed by atoms with E-state index in [-0.39, 0.29) is 25.5 Å². The Bertz CT molecular complexity index is 1710. The number of phosphoric ester groups is 1. The first kappa shape index (κ1) is 73.6. The smallest absolute Gasteiger partial charge is 0.387 e. The number of carbonyl (C=O) groups is 1. The molecule has 8 nitrogen and oxygen atoms in total. The summed E-state index contributed by atoms with van der Waals surface area (Å²) in [7, 11) is 1.50. The summed E-state index contributed by atoms with van der Waals surface area (Å²) in [6, 6.07) is -0.905. The van der Waals surface area contributed by atoms with E-state index in [9.17, 15) is 19.4 Å². The van der Waals surface area contributed by atoms with Crippen molar-refractivity contribution < 1.29 is 32.9 Å². The van der Waals surface area contributed by atoms with Crippen LogP contribution in [0, 0.1) is 0 Å². The topological polar surface area (TPSA) is 105 Å². The highest BCUT2D eigenvalue weighted by molar-refractivity contribution is 7.47. The van der Waals surface area contributed by atoms with Crippen molar-refractivity contribution in [2.75, 3.05) is 40.9 Å². The van der Waals surface area contributed by atoms with E-state index in [1.54, 1.807) is 6.08 Å². The van der Waals surface area contributed by atoms with Crippen LogP contribution in [0.1, 0.15) is 239 Å². The molecule has 0 bridgehead atoms. The minimum Gasteiger partial charge on any atom is -0.387 e. The third-order valence-corrected chi connectivity index (χ3v) is 14.1. The van der Waals surface area contributed by atoms with E-state index < -0.39 is 20.0 Å². The molecule has 0 aromatic carbocycles. The van der Waals surface area contributed by atoms with Crippen LogP contribution in [0.4, 0.5) is 0 Å². The first-order chi connectivity index (χ1) is 37.5. The fraction of sp³-hybridized carbons (Fsp3) is 0.662. The predicted octanol–water partition coefficient (Wildman–Crippen LogP) is 19.5. The van der Waals surface area contributed by atoms with Crippen molar-refractivity contribution >= 4 is 13.7 Å². The van der Waals surface area contributed by atoms with Crippen molar-refractivity contribution in [3.8, 4) is 0 Å². The van der Waals surface area contributed by atoms with Gasteiger partial charge < -0.3 is 19.8 Å². The third kappa shape index (κ3) is 60.1. The molecule has 3 atom stereocenters. The summed E-state index contributed by atoms with van der Waals surface area (Å²) in [5.41, 5.74) is 0. The summed E-state index contributed by atoms with van der Waals surface area (Å²) in [6.07, 6.45) is 87.2. The van der Waals surface area contributed by atoms with Crippen LogP contribution in [0.15, 0.2) is 134 Å². The Kier molecular flexibility index (Phi) is 54.8. The van der Waals surface area contributed by atoms with Gasteiger partial charge in [0.15, 0.2) is 0 Å². The van der Waals surface area contributed by atoms with Gasteiger partial charge in [-0.3, -0.25) is 13.8 Å². The van der Waals surface area contributed by atoms with Gasteiger partial charge in [-0.25, -0.2) is 4.57 Å². The molecule has 0 aromatic heterocycles. The molecule has 0 rings (SSSR count). The van der Waals surface area contributed by atoms with E-state index in [2.05, 4.69) is 141 Å². The number of hydrogen-bond donors (Lipinski definition) is 3. The molecule has 0 aliphatic carbocycles. The molecule has 0 heterocycles. The molecule has 0 aliphatic rings. The Hall–Kier alpha value is -3.36. The van der Waals surface area contributed by atoms with Crippen LogP contribution in [0.2, 0.25) is 0 Å². The molecule has 3 N–H and O–H groups in total. The van der Waals surface area contributed by atoms with Gasteiger partial charge in [0, 0.05) is 6.42 Å². The summed E-state index contributed by atoms with van der Waals surface area (Å²) in [4.78, 5) is 23.3. The van der Waals surface area contributed by atoms with Gasteiger partial charge >= 0.3 is 7.82 Å². The van der Waals surface area contributed by atoms with E-state index >= 15 is 0 Å². The van der Waals surface area contributed by atoms with Crippen molar-refractivity contribution in [3.63, 3.8) is 0 Å². The molecule has 9 heteroatoms. The highest BCUT2D eigenvalue weighted by Crippen LogP contribution is 2.43. The minimum absolute atomic E-state index is 0.0370. The highest BCUT2D eigenvalue weighted by Gasteiger charge is 2.27. The molecule has 1 amide bonds. The van der Waals surface area contributed by atoms with Crippen LogP contribution in [0.5, 0.6) is 0 Å². The first-order valence-corrected chi connectivity index (χ1v) is 32.6. The molecule has 0 saturated heterocycles. The number of phosphoric acid groups is 1. The van der Waals surface area contributed by atoms with E-state index in [4.69, 9.17) is 9.05 Å². The van der Waals surface area contributed by atoms with E-state index in [1.165, 1.54) is 122 Å². The molecule has 0 aromatic rings. The maximum absolute atomic E-state index is 13.0. The average Bonchev–Trinajstić information content (AvgIpc) is 3.39. The molecule has 0 saturated carbocycles. The van der Waals surface area contributed by atoms with Crippen LogP contribution in [-0.4, -0.2) is 73.4 Å². The van der Waals surface area contributed by atoms with Gasteiger partial charge in [-0.05, 0) is 109 Å². The average molecular weight is 1090 g/mol. The zero-order valence-corrected chi connectivity index (χ0v) is 51.0. The predicted molar refractivity (Wildman–Crippen MR) is 336 cm³/mol. The Balaban J connectivity index is 4.37. The van der Waals surface area contributed by atoms with Crippen LogP contribution in [0.25, 0.3) is 0 Å². The van der Waals surface area contributed by atoms with Gasteiger partial charge in [0.05, 0.1) is 39.9 Å². The molecule has 0 aliphatic heterocycles. The van der Waals surface area contributed by atoms with Gasteiger partial charge in [0.25, 0.3) is 0 Å². The second-order valence-corrected chi connectivity index (χ2v) is 23.1. The standard InChI is InChI=1S/C68H117N2O6P/c1-6-8-10-12-14-16-18-20-22-24-26-28-30-32-34-36-37-39-41-43-45-47-49-51-53-55-57-59-61-67(71)66(65-76-77(73,74)75-64-63-70(3,4)5)69-68(72)62-60-58-56-54-52-50-48-46-44-42-40-38-35-33-31-29-27-25-23-21-19-17-15-13-11-9-7-2/h9,11,15,17,21,23,27,29,33,35,40,42-43,45-46,48,51-54,59,61,66-67,71H,6-8,10,12-14,16,18-20,22,24-26,28,30-32,34,36-39,41,44,47,49-50,55-58,60,62-65H2,1-5H3,(H-,69,72,73,74)/p+1/b11-9-,17-15-,23-21-,29-27-,35-33-,42-40-,45-43+,48-46-,53-51+,54-52-,61-59+. The second kappa shape index (κ2) is 57.3. The Labute approximate surface area is 475 Å². The number of rotatable bonds is 55. The normalized spacial score (nSPS) is 14.7. The van der Waals surface area contributed by atoms with Gasteiger partial charge in [0.2, 0.25) is 5.91 Å². The first-order valence-electron chi connectivity index (χ1n) is 31.1. The lowest BCUT2D eigenvalue weighted by atomic mass is 10.0. The lowest BCUT2D eigenvalue weighted by Gasteiger charge is -2.25. The quantitative estimate of drug-likeness (QED) is 0.0243. The fourth-order valence-electron chi connectivity index (χ4n) is 8.27. The zero-order chi connectivity index (χ0) is 56.3. The lowest BCUT2D eigenvalue weighted by molar-refractivity contribution is -0.870. The minimum atomic E-state index is -4.39. The number of nitrogens with zero attached hydrogens (tertiary/aromatic N) is 1. The Morgan fingerprint density at radius 3 is 1.19 bits per heavy atom. The number of nitrogens with one attached hydrogen (secondary N) is 1. The van der Waals surface area contributed by atoms with E-state index in [0.717, 1.165) is 89.9 Å². The number of likely N-dealkylation sites (N-methyl/N-ethyl adjacent to an activating group) is 1. The SMILES string of the molecule is CC/C=C\C/C=C\C/C=C\C/C=C\C/C=C\C/C=C\C/C=C\C/C=C\CCCCC(=O)NC(COP(=O)(O)OCC[N+](C)(C)C)C(O)/C=C/CC/C=C/CC/C=C/CCCCCCCCCCCCCCCCCCCC. The van der Waals surface area contributed by atoms with Gasteiger partial charge in [0.1, 0.15) is 13.2 Å². The second-order valence-electron chi connectivity index (χ2n) is 21.7. The molecular formula is C68H118N2O6P+. The van der Waals surface area contributed by atoms with Crippen LogP contribution >= 0.6 is 7.82 Å². The third-order valence-electron chi connectivity index (χ3n) is 13.1. The summed E-state index contributed by atoms with van der Waals surface area (Å²) in [5, 5.41) is 13.9. The highest BCUT2D eigenvalue weighted by atomic mass is 31.2. The number of aliphatic hydroxyl groups excluding tert-OH is 1. The number of amides is 1. The lowest BCUT2D eigenvalue weighted by Crippen LogP contribution is -2.45.